The van der Waals surface area contributed by atoms with Crippen molar-refractivity contribution in [2.45, 2.75) is 6.42 Å². The predicted molar refractivity (Wildman–Crippen MR) is 80.6 cm³/mol. The van der Waals surface area contributed by atoms with E-state index in [1.165, 1.54) is 17.4 Å². The molecule has 0 spiro atoms. The van der Waals surface area contributed by atoms with E-state index in [2.05, 4.69) is 15.4 Å². The quantitative estimate of drug-likeness (QED) is 0.543. The standard InChI is InChI=1S/C13H11N5O4S/c19-12(10-2-3-11(22-10)18(20)21)14-6-4-9-8-23-13(16-9)17-7-1-5-15-17/h1-3,5,7-8H,4,6H2,(H,14,19). The fourth-order valence-corrected chi connectivity index (χ4v) is 2.64. The Morgan fingerprint density at radius 1 is 1.48 bits per heavy atom. The number of nitrogens with one attached hydrogen (secondary N) is 1. The lowest BCUT2D eigenvalue weighted by Gasteiger charge is -2.00. The van der Waals surface area contributed by atoms with Crippen molar-refractivity contribution < 1.29 is 14.1 Å². The highest BCUT2D eigenvalue weighted by molar-refractivity contribution is 7.12. The minimum absolute atomic E-state index is 0.0905. The zero-order valence-corrected chi connectivity index (χ0v) is 12.5. The second-order valence-corrected chi connectivity index (χ2v) is 5.31. The molecular formula is C13H11N5O4S. The summed E-state index contributed by atoms with van der Waals surface area (Å²) in [5, 5.41) is 19.9. The molecule has 0 saturated carbocycles. The fourth-order valence-electron chi connectivity index (χ4n) is 1.84. The number of furan rings is 1. The summed E-state index contributed by atoms with van der Waals surface area (Å²) in [6.45, 7) is 0.343. The van der Waals surface area contributed by atoms with E-state index in [1.807, 2.05) is 11.4 Å². The Bertz CT molecular complexity index is 823. The molecule has 0 fully saturated rings. The first-order valence-corrected chi connectivity index (χ1v) is 7.48. The van der Waals surface area contributed by atoms with Crippen LogP contribution in [0.15, 0.2) is 40.4 Å². The van der Waals surface area contributed by atoms with E-state index in [4.69, 9.17) is 4.42 Å². The van der Waals surface area contributed by atoms with Crippen LogP contribution in [0.3, 0.4) is 0 Å². The number of rotatable bonds is 6. The van der Waals surface area contributed by atoms with Gasteiger partial charge in [0.2, 0.25) is 5.13 Å². The largest absolute Gasteiger partial charge is 0.433 e. The number of amides is 1. The topological polar surface area (TPSA) is 116 Å². The second-order valence-electron chi connectivity index (χ2n) is 4.47. The first kappa shape index (κ1) is 14.9. The van der Waals surface area contributed by atoms with Gasteiger partial charge >= 0.3 is 5.88 Å². The molecule has 0 aromatic carbocycles. The summed E-state index contributed by atoms with van der Waals surface area (Å²) in [6.07, 6.45) is 4.00. The summed E-state index contributed by atoms with van der Waals surface area (Å²) in [5.41, 5.74) is 0.825. The van der Waals surface area contributed by atoms with Crippen molar-refractivity contribution in [2.75, 3.05) is 6.54 Å². The van der Waals surface area contributed by atoms with Crippen molar-refractivity contribution in [2.24, 2.45) is 0 Å². The van der Waals surface area contributed by atoms with Crippen LogP contribution in [0.5, 0.6) is 0 Å². The molecule has 3 heterocycles. The average molecular weight is 333 g/mol. The number of nitrogens with zero attached hydrogens (tertiary/aromatic N) is 4. The summed E-state index contributed by atoms with van der Waals surface area (Å²) in [6, 6.07) is 4.22. The number of carbonyl (C=O) groups excluding carboxylic acids is 1. The van der Waals surface area contributed by atoms with E-state index in [9.17, 15) is 14.9 Å². The van der Waals surface area contributed by atoms with E-state index in [1.54, 1.807) is 17.1 Å². The summed E-state index contributed by atoms with van der Waals surface area (Å²) >= 11 is 1.45. The molecule has 3 aromatic heterocycles. The van der Waals surface area contributed by atoms with Gasteiger partial charge in [-0.1, -0.05) is 0 Å². The van der Waals surface area contributed by atoms with Crippen LogP contribution in [0.25, 0.3) is 5.13 Å². The van der Waals surface area contributed by atoms with Crippen LogP contribution in [0.4, 0.5) is 5.88 Å². The van der Waals surface area contributed by atoms with Crippen molar-refractivity contribution in [3.63, 3.8) is 0 Å². The molecule has 3 rings (SSSR count). The molecule has 0 saturated heterocycles. The van der Waals surface area contributed by atoms with Gasteiger partial charge in [0.05, 0.1) is 11.8 Å². The van der Waals surface area contributed by atoms with Crippen molar-refractivity contribution in [1.29, 1.82) is 0 Å². The first-order chi connectivity index (χ1) is 11.1. The first-order valence-electron chi connectivity index (χ1n) is 6.60. The molecular weight excluding hydrogens is 322 g/mol. The van der Waals surface area contributed by atoms with Crippen LogP contribution < -0.4 is 5.32 Å². The third kappa shape index (κ3) is 3.43. The number of hydrogen-bond acceptors (Lipinski definition) is 7. The molecule has 0 atom stereocenters. The lowest BCUT2D eigenvalue weighted by molar-refractivity contribution is -0.402. The zero-order chi connectivity index (χ0) is 16.2. The molecule has 1 N–H and O–H groups in total. The molecule has 0 unspecified atom stereocenters. The van der Waals surface area contributed by atoms with Crippen molar-refractivity contribution >= 4 is 23.1 Å². The van der Waals surface area contributed by atoms with Gasteiger partial charge in [-0.3, -0.25) is 14.9 Å². The van der Waals surface area contributed by atoms with E-state index in [-0.39, 0.29) is 5.76 Å². The fraction of sp³-hybridized carbons (Fsp3) is 0.154. The van der Waals surface area contributed by atoms with Gasteiger partial charge in [0, 0.05) is 30.7 Å². The van der Waals surface area contributed by atoms with Crippen molar-refractivity contribution in [3.8, 4) is 5.13 Å². The molecule has 3 aromatic rings. The van der Waals surface area contributed by atoms with E-state index in [0.717, 1.165) is 16.9 Å². The van der Waals surface area contributed by atoms with Gasteiger partial charge in [0.15, 0.2) is 5.76 Å². The van der Waals surface area contributed by atoms with Gasteiger partial charge in [-0.15, -0.1) is 11.3 Å². The molecule has 0 bridgehead atoms. The molecule has 10 heteroatoms. The van der Waals surface area contributed by atoms with Gasteiger partial charge in [-0.2, -0.15) is 5.10 Å². The van der Waals surface area contributed by atoms with Crippen molar-refractivity contribution in [1.82, 2.24) is 20.1 Å². The minimum Gasteiger partial charge on any atom is -0.395 e. The Labute approximate surface area is 133 Å². The Morgan fingerprint density at radius 2 is 2.35 bits per heavy atom. The smallest absolute Gasteiger partial charge is 0.395 e. The Balaban J connectivity index is 1.53. The van der Waals surface area contributed by atoms with E-state index in [0.29, 0.717) is 13.0 Å². The molecule has 0 radical (unpaired) electrons. The molecule has 118 valence electrons. The molecule has 0 aliphatic rings. The van der Waals surface area contributed by atoms with Gasteiger partial charge < -0.3 is 9.73 Å². The summed E-state index contributed by atoms with van der Waals surface area (Å²) in [5.74, 6) is -1.05. The van der Waals surface area contributed by atoms with E-state index >= 15 is 0 Å². The molecule has 0 aliphatic heterocycles. The van der Waals surface area contributed by atoms with E-state index < -0.39 is 16.7 Å². The van der Waals surface area contributed by atoms with Gasteiger partial charge in [0.25, 0.3) is 5.91 Å². The zero-order valence-electron chi connectivity index (χ0n) is 11.7. The molecule has 0 aliphatic carbocycles. The number of aromatic nitrogens is 3. The molecule has 23 heavy (non-hydrogen) atoms. The van der Waals surface area contributed by atoms with Crippen molar-refractivity contribution in [3.05, 3.63) is 57.5 Å². The maximum Gasteiger partial charge on any atom is 0.433 e. The number of thiazole rings is 1. The maximum absolute atomic E-state index is 11.8. The highest BCUT2D eigenvalue weighted by Gasteiger charge is 2.16. The van der Waals surface area contributed by atoms with Gasteiger partial charge in [0.1, 0.15) is 4.92 Å². The SMILES string of the molecule is O=C(NCCc1csc(-n2cccn2)n1)c1ccc([N+](=O)[O-])o1. The third-order valence-corrected chi connectivity index (χ3v) is 3.78. The number of carbonyl (C=O) groups is 1. The van der Waals surface area contributed by atoms with Crippen LogP contribution in [0.1, 0.15) is 16.2 Å². The van der Waals surface area contributed by atoms with Crippen LogP contribution in [0.2, 0.25) is 0 Å². The Kier molecular flexibility index (Phi) is 4.15. The normalized spacial score (nSPS) is 10.6. The highest BCUT2D eigenvalue weighted by atomic mass is 32.1. The minimum atomic E-state index is -0.692. The maximum atomic E-state index is 11.8. The highest BCUT2D eigenvalue weighted by Crippen LogP contribution is 2.16. The van der Waals surface area contributed by atoms with Crippen LogP contribution >= 0.6 is 11.3 Å². The summed E-state index contributed by atoms with van der Waals surface area (Å²) in [7, 11) is 0. The third-order valence-electron chi connectivity index (χ3n) is 2.90. The van der Waals surface area contributed by atoms with Crippen LogP contribution in [-0.4, -0.2) is 32.1 Å². The lowest BCUT2D eigenvalue weighted by Crippen LogP contribution is -2.25. The predicted octanol–water partition coefficient (Wildman–Crippen LogP) is 1.80. The Morgan fingerprint density at radius 3 is 3.04 bits per heavy atom. The van der Waals surface area contributed by atoms with Crippen LogP contribution in [-0.2, 0) is 6.42 Å². The summed E-state index contributed by atoms with van der Waals surface area (Å²) in [4.78, 5) is 26.0. The monoisotopic (exact) mass is 333 g/mol. The average Bonchev–Trinajstić information content (AvgIpc) is 3.27. The lowest BCUT2D eigenvalue weighted by atomic mass is 10.3. The molecule has 1 amide bonds. The Hall–Kier alpha value is -3.01. The van der Waals surface area contributed by atoms with Gasteiger partial charge in [-0.25, -0.2) is 9.67 Å². The van der Waals surface area contributed by atoms with Crippen LogP contribution in [0, 0.1) is 10.1 Å². The second kappa shape index (κ2) is 6.40. The number of hydrogen-bond donors (Lipinski definition) is 1. The van der Waals surface area contributed by atoms with Gasteiger partial charge in [-0.05, 0) is 12.1 Å². The summed E-state index contributed by atoms with van der Waals surface area (Å²) < 4.78 is 6.49. The number of nitro groups is 1. The molecule has 9 nitrogen and oxygen atoms in total.